The van der Waals surface area contributed by atoms with Crippen molar-refractivity contribution in [2.75, 3.05) is 19.7 Å². The fraction of sp³-hybridized carbons (Fsp3) is 0.400. The van der Waals surface area contributed by atoms with Crippen LogP contribution >= 0.6 is 11.6 Å². The second-order valence-electron chi connectivity index (χ2n) is 5.28. The van der Waals surface area contributed by atoms with Gasteiger partial charge in [0.15, 0.2) is 6.61 Å². The van der Waals surface area contributed by atoms with Crippen molar-refractivity contribution in [2.24, 2.45) is 11.7 Å². The van der Waals surface area contributed by atoms with Crippen molar-refractivity contribution in [2.45, 2.75) is 12.8 Å². The van der Waals surface area contributed by atoms with E-state index in [0.29, 0.717) is 19.4 Å². The summed E-state index contributed by atoms with van der Waals surface area (Å²) in [6, 6.07) is 3.25. The van der Waals surface area contributed by atoms with E-state index in [1.54, 1.807) is 0 Å². The second kappa shape index (κ2) is 7.41. The molecule has 1 aliphatic rings. The minimum Gasteiger partial charge on any atom is -0.452 e. The minimum absolute atomic E-state index is 0.0190. The molecular weight excluding hydrogens is 327 g/mol. The molecule has 0 unspecified atom stereocenters. The van der Waals surface area contributed by atoms with Gasteiger partial charge < -0.3 is 15.4 Å². The van der Waals surface area contributed by atoms with Gasteiger partial charge >= 0.3 is 5.97 Å². The van der Waals surface area contributed by atoms with E-state index in [9.17, 15) is 18.8 Å². The number of benzene rings is 1. The van der Waals surface area contributed by atoms with E-state index >= 15 is 0 Å². The molecule has 8 heteroatoms. The molecule has 0 bridgehead atoms. The molecule has 0 spiro atoms. The van der Waals surface area contributed by atoms with Crippen LogP contribution in [0.4, 0.5) is 4.39 Å². The summed E-state index contributed by atoms with van der Waals surface area (Å²) in [5.74, 6) is -2.63. The molecule has 124 valence electrons. The lowest BCUT2D eigenvalue weighted by Crippen LogP contribution is -2.45. The Labute approximate surface area is 137 Å². The van der Waals surface area contributed by atoms with Crippen LogP contribution in [0.15, 0.2) is 18.2 Å². The van der Waals surface area contributed by atoms with Gasteiger partial charge in [-0.25, -0.2) is 9.18 Å². The summed E-state index contributed by atoms with van der Waals surface area (Å²) < 4.78 is 17.8. The Morgan fingerprint density at radius 1 is 1.39 bits per heavy atom. The number of ether oxygens (including phenoxy) is 1. The summed E-state index contributed by atoms with van der Waals surface area (Å²) in [5.41, 5.74) is 5.23. The molecule has 1 aromatic rings. The largest absolute Gasteiger partial charge is 0.452 e. The number of carbonyl (C=O) groups excluding carboxylic acids is 3. The van der Waals surface area contributed by atoms with Crippen LogP contribution in [-0.2, 0) is 14.3 Å². The zero-order valence-corrected chi connectivity index (χ0v) is 13.0. The third-order valence-corrected chi connectivity index (χ3v) is 3.97. The average molecular weight is 343 g/mol. The van der Waals surface area contributed by atoms with Crippen LogP contribution in [0, 0.1) is 11.7 Å². The summed E-state index contributed by atoms with van der Waals surface area (Å²) in [6.45, 7) is 0.235. The van der Waals surface area contributed by atoms with Crippen LogP contribution in [0.1, 0.15) is 23.2 Å². The SMILES string of the molecule is NC(=O)[C@@H]1CCCN(C(=O)COC(=O)c2ccc(F)cc2Cl)C1. The molecule has 1 heterocycles. The minimum atomic E-state index is -0.813. The van der Waals surface area contributed by atoms with Gasteiger partial charge in [-0.1, -0.05) is 11.6 Å². The number of nitrogens with two attached hydrogens (primary N) is 1. The van der Waals surface area contributed by atoms with Gasteiger partial charge in [0.1, 0.15) is 5.82 Å². The molecule has 1 aromatic carbocycles. The first-order chi connectivity index (χ1) is 10.9. The van der Waals surface area contributed by atoms with Crippen LogP contribution in [0.3, 0.4) is 0 Å². The predicted octanol–water partition coefficient (Wildman–Crippen LogP) is 1.36. The highest BCUT2D eigenvalue weighted by molar-refractivity contribution is 6.33. The number of primary amides is 1. The number of amides is 2. The zero-order chi connectivity index (χ0) is 17.0. The maximum Gasteiger partial charge on any atom is 0.340 e. The molecule has 1 aliphatic heterocycles. The van der Waals surface area contributed by atoms with Crippen molar-refractivity contribution < 1.29 is 23.5 Å². The van der Waals surface area contributed by atoms with E-state index in [1.165, 1.54) is 11.0 Å². The van der Waals surface area contributed by atoms with Gasteiger partial charge in [0.05, 0.1) is 16.5 Å². The van der Waals surface area contributed by atoms with E-state index in [4.69, 9.17) is 22.1 Å². The van der Waals surface area contributed by atoms with Crippen molar-refractivity contribution in [3.63, 3.8) is 0 Å². The fourth-order valence-corrected chi connectivity index (χ4v) is 2.63. The highest BCUT2D eigenvalue weighted by atomic mass is 35.5. The summed E-state index contributed by atoms with van der Waals surface area (Å²) in [6.07, 6.45) is 1.31. The monoisotopic (exact) mass is 342 g/mol. The number of rotatable bonds is 4. The molecule has 2 amide bonds. The molecule has 0 radical (unpaired) electrons. The van der Waals surface area contributed by atoms with E-state index in [-0.39, 0.29) is 23.0 Å². The third-order valence-electron chi connectivity index (χ3n) is 3.65. The lowest BCUT2D eigenvalue weighted by atomic mass is 9.97. The zero-order valence-electron chi connectivity index (χ0n) is 12.3. The maximum atomic E-state index is 12.9. The molecule has 0 aliphatic carbocycles. The first-order valence-corrected chi connectivity index (χ1v) is 7.45. The van der Waals surface area contributed by atoms with Crippen molar-refractivity contribution in [1.82, 2.24) is 4.90 Å². The van der Waals surface area contributed by atoms with Crippen molar-refractivity contribution in [1.29, 1.82) is 0 Å². The van der Waals surface area contributed by atoms with Gasteiger partial charge in [-0.05, 0) is 31.0 Å². The molecule has 23 heavy (non-hydrogen) atoms. The van der Waals surface area contributed by atoms with Crippen molar-refractivity contribution in [3.8, 4) is 0 Å². The van der Waals surface area contributed by atoms with Crippen molar-refractivity contribution in [3.05, 3.63) is 34.6 Å². The van der Waals surface area contributed by atoms with E-state index in [2.05, 4.69) is 0 Å². The van der Waals surface area contributed by atoms with E-state index in [1.807, 2.05) is 0 Å². The molecule has 1 fully saturated rings. The van der Waals surface area contributed by atoms with Gasteiger partial charge in [0.25, 0.3) is 5.91 Å². The lowest BCUT2D eigenvalue weighted by molar-refractivity contribution is -0.137. The fourth-order valence-electron chi connectivity index (χ4n) is 2.39. The Morgan fingerprint density at radius 2 is 2.13 bits per heavy atom. The standard InChI is InChI=1S/C15H16ClFN2O4/c16-12-6-10(17)3-4-11(12)15(22)23-8-13(20)19-5-1-2-9(7-19)14(18)21/h3-4,6,9H,1-2,5,7-8H2,(H2,18,21)/t9-/m1/s1. The van der Waals surface area contributed by atoms with Crippen molar-refractivity contribution >= 4 is 29.4 Å². The number of hydrogen-bond acceptors (Lipinski definition) is 4. The van der Waals surface area contributed by atoms with Gasteiger partial charge in [-0.3, -0.25) is 9.59 Å². The first-order valence-electron chi connectivity index (χ1n) is 7.07. The highest BCUT2D eigenvalue weighted by Gasteiger charge is 2.27. The average Bonchev–Trinajstić information content (AvgIpc) is 2.52. The number of halogens is 2. The maximum absolute atomic E-state index is 12.9. The Kier molecular flexibility index (Phi) is 5.54. The van der Waals surface area contributed by atoms with Crippen LogP contribution in [0.2, 0.25) is 5.02 Å². The number of hydrogen-bond donors (Lipinski definition) is 1. The molecule has 2 rings (SSSR count). The Balaban J connectivity index is 1.91. The molecule has 0 aromatic heterocycles. The van der Waals surface area contributed by atoms with Gasteiger partial charge in [-0.2, -0.15) is 0 Å². The number of piperidine rings is 1. The number of carbonyl (C=O) groups is 3. The molecule has 1 atom stereocenters. The third kappa shape index (κ3) is 4.41. The van der Waals surface area contributed by atoms with Crippen LogP contribution < -0.4 is 5.73 Å². The predicted molar refractivity (Wildman–Crippen MR) is 80.2 cm³/mol. The number of esters is 1. The molecule has 0 saturated carbocycles. The normalized spacial score (nSPS) is 17.7. The van der Waals surface area contributed by atoms with Crippen LogP contribution in [-0.4, -0.2) is 42.4 Å². The Morgan fingerprint density at radius 3 is 2.78 bits per heavy atom. The second-order valence-corrected chi connectivity index (χ2v) is 5.69. The summed E-state index contributed by atoms with van der Waals surface area (Å²) in [4.78, 5) is 36.5. The number of nitrogens with zero attached hydrogens (tertiary/aromatic N) is 1. The van der Waals surface area contributed by atoms with Crippen LogP contribution in [0.5, 0.6) is 0 Å². The summed E-state index contributed by atoms with van der Waals surface area (Å²) in [7, 11) is 0. The molecule has 2 N–H and O–H groups in total. The van der Waals surface area contributed by atoms with Gasteiger partial charge in [0.2, 0.25) is 5.91 Å². The van der Waals surface area contributed by atoms with E-state index < -0.39 is 30.2 Å². The summed E-state index contributed by atoms with van der Waals surface area (Å²) >= 11 is 5.75. The van der Waals surface area contributed by atoms with Gasteiger partial charge in [-0.15, -0.1) is 0 Å². The molecular formula is C15H16ClFN2O4. The topological polar surface area (TPSA) is 89.7 Å². The number of likely N-dealkylation sites (tertiary alicyclic amines) is 1. The van der Waals surface area contributed by atoms with Crippen LogP contribution in [0.25, 0.3) is 0 Å². The lowest BCUT2D eigenvalue weighted by Gasteiger charge is -2.31. The molecule has 6 nitrogen and oxygen atoms in total. The highest BCUT2D eigenvalue weighted by Crippen LogP contribution is 2.19. The molecule has 1 saturated heterocycles. The quantitative estimate of drug-likeness (QED) is 0.837. The Bertz CT molecular complexity index is 638. The smallest absolute Gasteiger partial charge is 0.340 e. The first kappa shape index (κ1) is 17.2. The Hall–Kier alpha value is -2.15. The van der Waals surface area contributed by atoms with E-state index in [0.717, 1.165) is 12.1 Å². The van der Waals surface area contributed by atoms with Gasteiger partial charge in [0, 0.05) is 13.1 Å². The summed E-state index contributed by atoms with van der Waals surface area (Å²) in [5, 5.41) is -0.0887.